The van der Waals surface area contributed by atoms with Crippen molar-refractivity contribution in [2.75, 3.05) is 44.3 Å². The molecule has 0 amide bonds. The maximum absolute atomic E-state index is 12.3. The molecule has 8 aromatic rings. The maximum Gasteiger partial charge on any atom is 2.00 e. The van der Waals surface area contributed by atoms with Gasteiger partial charge in [0, 0.05) is 47.3 Å². The molecule has 0 unspecified atom stereocenters. The van der Waals surface area contributed by atoms with E-state index in [1.54, 1.807) is 40.2 Å². The average Bonchev–Trinajstić information content (AvgIpc) is 3.99. The van der Waals surface area contributed by atoms with Gasteiger partial charge in [0.15, 0.2) is 0 Å². The minimum atomic E-state index is -0.958. The molecular formula is C60H61BrMgN2O6. The molecule has 1 aliphatic rings. The van der Waals surface area contributed by atoms with E-state index in [1.807, 2.05) is 109 Å². The van der Waals surface area contributed by atoms with Crippen molar-refractivity contribution in [2.45, 2.75) is 32.3 Å². The number of rotatable bonds is 12. The molecule has 8 nitrogen and oxygen atoms in total. The van der Waals surface area contributed by atoms with Gasteiger partial charge >= 0.3 is 29.0 Å². The van der Waals surface area contributed by atoms with Crippen LogP contribution in [0.4, 0.5) is 34.1 Å². The molecular weight excluding hydrogens is 949 g/mol. The van der Waals surface area contributed by atoms with E-state index in [4.69, 9.17) is 18.9 Å². The third-order valence-corrected chi connectivity index (χ3v) is 11.3. The number of halogens is 1. The number of esters is 1. The second kappa shape index (κ2) is 27.7. The van der Waals surface area contributed by atoms with Crippen molar-refractivity contribution in [3.63, 3.8) is 0 Å². The summed E-state index contributed by atoms with van der Waals surface area (Å²) < 4.78 is 20.7. The minimum Gasteiger partial charge on any atom is -1.00 e. The minimum absolute atomic E-state index is 0. The Morgan fingerprint density at radius 3 is 1.17 bits per heavy atom. The van der Waals surface area contributed by atoms with E-state index in [9.17, 15) is 9.90 Å². The summed E-state index contributed by atoms with van der Waals surface area (Å²) in [6.07, 6.45) is 2.56. The van der Waals surface area contributed by atoms with Crippen LogP contribution in [0.5, 0.6) is 11.5 Å². The van der Waals surface area contributed by atoms with Crippen LogP contribution >= 0.6 is 0 Å². The number of hydrogen-bond donors (Lipinski definition) is 1. The number of nitrogens with zero attached hydrogens (tertiary/aromatic N) is 2. The summed E-state index contributed by atoms with van der Waals surface area (Å²) in [4.78, 5) is 16.7. The fraction of sp³-hybridized carbons (Fsp3) is 0.167. The molecule has 0 atom stereocenters. The maximum atomic E-state index is 12.3. The number of ether oxygens (including phenoxy) is 4. The monoisotopic (exact) mass is 1010 g/mol. The number of carbonyl (C=O) groups is 1. The number of carbonyl (C=O) groups excluding carboxylic acids is 1. The topological polar surface area (TPSA) is 80.7 Å². The molecule has 0 aliphatic carbocycles. The summed E-state index contributed by atoms with van der Waals surface area (Å²) in [6.45, 7) is 5.61. The Bertz CT molecular complexity index is 2680. The van der Waals surface area contributed by atoms with Gasteiger partial charge in [-0.15, -0.1) is 0 Å². The van der Waals surface area contributed by atoms with Gasteiger partial charge in [0.2, 0.25) is 0 Å². The van der Waals surface area contributed by atoms with Crippen molar-refractivity contribution in [1.29, 1.82) is 0 Å². The number of aliphatic hydroxyl groups is 1. The normalized spacial score (nSPS) is 11.3. The molecule has 1 aliphatic heterocycles. The van der Waals surface area contributed by atoms with E-state index in [-0.39, 0.29) is 53.4 Å². The number of anilines is 6. The molecule has 0 aromatic heterocycles. The number of methoxy groups -OCH3 is 3. The smallest absolute Gasteiger partial charge is 1.00 e. The van der Waals surface area contributed by atoms with E-state index in [1.165, 1.54) is 20.0 Å². The first-order valence-electron chi connectivity index (χ1n) is 22.4. The van der Waals surface area contributed by atoms with Crippen LogP contribution in [-0.2, 0) is 15.1 Å². The Labute approximate surface area is 441 Å². The second-order valence-corrected chi connectivity index (χ2v) is 16.3. The van der Waals surface area contributed by atoms with E-state index in [2.05, 4.69) is 94.7 Å². The first-order valence-corrected chi connectivity index (χ1v) is 22.4. The largest absolute Gasteiger partial charge is 2.00 e. The molecule has 70 heavy (non-hydrogen) atoms. The SMILES string of the molecule is C1CCOC1.COC(=O)c1ccc(OC)cc1-c1ccc(N(c2ccccc2)c2ccccc2)cc1.COc1ccc(C(C)(C)O)c(-c2ccc(N(c3ccccc3)c3ccccc3)cc2)c1.[Br-].[CH3-].[Mg+2]. The Morgan fingerprint density at radius 1 is 0.500 bits per heavy atom. The Morgan fingerprint density at radius 2 is 0.843 bits per heavy atom. The molecule has 1 N–H and O–H groups in total. The van der Waals surface area contributed by atoms with E-state index in [0.717, 1.165) is 80.9 Å². The van der Waals surface area contributed by atoms with Crippen molar-refractivity contribution in [2.24, 2.45) is 0 Å². The zero-order valence-corrected chi connectivity index (χ0v) is 43.9. The molecule has 0 spiro atoms. The molecule has 0 radical (unpaired) electrons. The fourth-order valence-electron chi connectivity index (χ4n) is 7.89. The molecule has 356 valence electrons. The predicted molar refractivity (Wildman–Crippen MR) is 285 cm³/mol. The molecule has 10 heteroatoms. The van der Waals surface area contributed by atoms with Crippen molar-refractivity contribution >= 4 is 63.1 Å². The third kappa shape index (κ3) is 14.6. The summed E-state index contributed by atoms with van der Waals surface area (Å²) >= 11 is 0. The van der Waals surface area contributed by atoms with E-state index in [0.29, 0.717) is 11.3 Å². The molecule has 1 saturated heterocycles. The van der Waals surface area contributed by atoms with Gasteiger partial charge < -0.3 is 58.3 Å². The molecule has 8 aromatic carbocycles. The fourth-order valence-corrected chi connectivity index (χ4v) is 7.89. The summed E-state index contributed by atoms with van der Waals surface area (Å²) in [6, 6.07) is 68.8. The Balaban J connectivity index is 0.000000266. The van der Waals surface area contributed by atoms with Gasteiger partial charge in [0.05, 0.1) is 32.5 Å². The van der Waals surface area contributed by atoms with Gasteiger partial charge in [0.1, 0.15) is 11.5 Å². The molecule has 1 fully saturated rings. The van der Waals surface area contributed by atoms with Gasteiger partial charge in [-0.3, -0.25) is 0 Å². The van der Waals surface area contributed by atoms with Gasteiger partial charge in [-0.05, 0) is 158 Å². The van der Waals surface area contributed by atoms with Gasteiger partial charge in [-0.25, -0.2) is 4.79 Å². The quantitative estimate of drug-likeness (QED) is 0.0737. The average molecular weight is 1010 g/mol. The van der Waals surface area contributed by atoms with Gasteiger partial charge in [0.25, 0.3) is 0 Å². The first kappa shape index (κ1) is 56.2. The first-order chi connectivity index (χ1) is 32.7. The van der Waals surface area contributed by atoms with Crippen LogP contribution in [0, 0.1) is 7.43 Å². The van der Waals surface area contributed by atoms with E-state index >= 15 is 0 Å². The Hall–Kier alpha value is -6.40. The number of hydrogen-bond acceptors (Lipinski definition) is 8. The van der Waals surface area contributed by atoms with Crippen LogP contribution in [0.2, 0.25) is 0 Å². The molecule has 1 heterocycles. The van der Waals surface area contributed by atoms with Crippen molar-refractivity contribution in [1.82, 2.24) is 0 Å². The van der Waals surface area contributed by atoms with Crippen LogP contribution in [0.15, 0.2) is 206 Å². The van der Waals surface area contributed by atoms with Gasteiger partial charge in [-0.1, -0.05) is 103 Å². The predicted octanol–water partition coefficient (Wildman–Crippen LogP) is 11.5. The van der Waals surface area contributed by atoms with Crippen LogP contribution < -0.4 is 36.3 Å². The molecule has 0 bridgehead atoms. The van der Waals surface area contributed by atoms with Crippen molar-refractivity contribution in [3.05, 3.63) is 225 Å². The summed E-state index contributed by atoms with van der Waals surface area (Å²) in [5.41, 5.74) is 10.5. The van der Waals surface area contributed by atoms with Crippen molar-refractivity contribution in [3.8, 4) is 33.8 Å². The van der Waals surface area contributed by atoms with Crippen LogP contribution in [0.3, 0.4) is 0 Å². The molecule has 9 rings (SSSR count). The molecule has 0 saturated carbocycles. The number of benzene rings is 8. The van der Waals surface area contributed by atoms with E-state index < -0.39 is 5.60 Å². The summed E-state index contributed by atoms with van der Waals surface area (Å²) in [7, 11) is 4.65. The number of para-hydroxylation sites is 4. The third-order valence-electron chi connectivity index (χ3n) is 11.3. The zero-order chi connectivity index (χ0) is 47.0. The van der Waals surface area contributed by atoms with Crippen LogP contribution in [0.1, 0.15) is 42.6 Å². The van der Waals surface area contributed by atoms with Crippen LogP contribution in [0.25, 0.3) is 22.3 Å². The standard InChI is InChI=1S/C28H27NO2.C27H23NO3.C4H8O.CH3.BrH.Mg/c1-28(2,30)27-19-18-25(31-3)20-26(27)21-14-16-24(17-15-21)29(22-10-6-4-7-11-22)23-12-8-5-9-13-23;1-30-24-17-18-25(27(29)31-2)26(19-24)20-13-15-23(16-14-20)28(21-9-5-3-6-10-21)22-11-7-4-8-12-22;1-2-4-5-3-1;;;/h4-20,30H,1-3H3;3-19H,1-2H3;1-4H2;1H3;1H;/q;;;-1;;+2/p-1. The zero-order valence-electron chi connectivity index (χ0n) is 40.9. The second-order valence-electron chi connectivity index (χ2n) is 16.3. The van der Waals surface area contributed by atoms with Crippen molar-refractivity contribution < 1.29 is 45.8 Å². The van der Waals surface area contributed by atoms with Gasteiger partial charge in [-0.2, -0.15) is 0 Å². The Kier molecular flexibility index (Phi) is 22.2. The van der Waals surface area contributed by atoms with Crippen LogP contribution in [-0.4, -0.2) is 68.7 Å². The summed E-state index contributed by atoms with van der Waals surface area (Å²) in [5, 5.41) is 10.7. The summed E-state index contributed by atoms with van der Waals surface area (Å²) in [5.74, 6) is 1.07.